The molecule has 6 N–H and O–H groups in total. The molecule has 0 spiro atoms. The van der Waals surface area contributed by atoms with Crippen LogP contribution in [0.4, 0.5) is 0 Å². The van der Waals surface area contributed by atoms with Crippen molar-refractivity contribution in [3.05, 3.63) is 58.7 Å². The summed E-state index contributed by atoms with van der Waals surface area (Å²) in [5.74, 6) is -3.31. The molecule has 0 atom stereocenters. The van der Waals surface area contributed by atoms with Crippen molar-refractivity contribution in [2.75, 3.05) is 6.61 Å². The second kappa shape index (κ2) is 19.5. The van der Waals surface area contributed by atoms with Crippen molar-refractivity contribution >= 4 is 17.9 Å². The third-order valence-corrected chi connectivity index (χ3v) is 6.38. The maximum atomic E-state index is 11.1. The Balaban J connectivity index is 0.000000391. The highest BCUT2D eigenvalue weighted by molar-refractivity contribution is 5.93. The van der Waals surface area contributed by atoms with Crippen LogP contribution in [-0.2, 0) is 17.6 Å². The Labute approximate surface area is 229 Å². The molecule has 0 aromatic heterocycles. The van der Waals surface area contributed by atoms with Gasteiger partial charge in [0, 0.05) is 13.0 Å². The van der Waals surface area contributed by atoms with Crippen molar-refractivity contribution in [2.45, 2.75) is 89.9 Å². The standard InChI is InChI=1S/C15H20O5.C15H22O4/c16-12-9-6-8-11(14(12)15(19)20)7-4-2-1-3-5-10-13(17)18;16-11-6-4-2-1-3-5-8-12-9-7-10-13(17)14(12)15(18)19/h6,8-9,16H,1-5,7,10H2,(H,17,18)(H,19,20);7,9-10,16-17H,1-6,8,11H2,(H,18,19). The summed E-state index contributed by atoms with van der Waals surface area (Å²) >= 11 is 0. The van der Waals surface area contributed by atoms with E-state index in [1.807, 2.05) is 0 Å². The van der Waals surface area contributed by atoms with Gasteiger partial charge in [0.1, 0.15) is 22.6 Å². The van der Waals surface area contributed by atoms with Crippen molar-refractivity contribution in [1.29, 1.82) is 0 Å². The fraction of sp³-hybridized carbons (Fsp3) is 0.500. The Hall–Kier alpha value is -3.59. The molecule has 216 valence electrons. The van der Waals surface area contributed by atoms with Gasteiger partial charge in [-0.15, -0.1) is 0 Å². The number of phenols is 2. The monoisotopic (exact) mass is 546 g/mol. The second-order valence-electron chi connectivity index (χ2n) is 9.49. The number of benzene rings is 2. The molecule has 0 aliphatic carbocycles. The van der Waals surface area contributed by atoms with Gasteiger partial charge in [0.25, 0.3) is 0 Å². The van der Waals surface area contributed by atoms with E-state index in [9.17, 15) is 24.6 Å². The summed E-state index contributed by atoms with van der Waals surface area (Å²) in [7, 11) is 0. The normalized spacial score (nSPS) is 10.5. The van der Waals surface area contributed by atoms with Crippen LogP contribution in [0.3, 0.4) is 0 Å². The Morgan fingerprint density at radius 3 is 1.31 bits per heavy atom. The molecule has 0 saturated heterocycles. The fourth-order valence-electron chi connectivity index (χ4n) is 4.34. The third-order valence-electron chi connectivity index (χ3n) is 6.38. The van der Waals surface area contributed by atoms with Crippen molar-refractivity contribution in [3.63, 3.8) is 0 Å². The van der Waals surface area contributed by atoms with E-state index in [-0.39, 0.29) is 35.7 Å². The van der Waals surface area contributed by atoms with Gasteiger partial charge in [0.2, 0.25) is 0 Å². The summed E-state index contributed by atoms with van der Waals surface area (Å²) in [4.78, 5) is 32.5. The number of rotatable bonds is 18. The maximum Gasteiger partial charge on any atom is 0.339 e. The van der Waals surface area contributed by atoms with Gasteiger partial charge in [-0.25, -0.2) is 9.59 Å². The predicted molar refractivity (Wildman–Crippen MR) is 148 cm³/mol. The average Bonchev–Trinajstić information content (AvgIpc) is 2.87. The van der Waals surface area contributed by atoms with E-state index in [1.165, 1.54) is 12.1 Å². The number of carboxylic acids is 3. The SMILES string of the molecule is O=C(O)CCCCCCCc1cccc(O)c1C(=O)O.O=C(O)c1c(O)cccc1CCCCCCCCO. The van der Waals surface area contributed by atoms with E-state index >= 15 is 0 Å². The predicted octanol–water partition coefficient (Wildman–Crippen LogP) is 6.02. The number of hydrogen-bond acceptors (Lipinski definition) is 6. The van der Waals surface area contributed by atoms with Crippen LogP contribution in [0.15, 0.2) is 36.4 Å². The van der Waals surface area contributed by atoms with Crippen molar-refractivity contribution in [1.82, 2.24) is 0 Å². The number of aryl methyl sites for hydroxylation is 2. The first-order valence-corrected chi connectivity index (χ1v) is 13.6. The van der Waals surface area contributed by atoms with E-state index in [4.69, 9.17) is 20.4 Å². The summed E-state index contributed by atoms with van der Waals surface area (Å²) in [6.45, 7) is 0.255. The molecular weight excluding hydrogens is 504 g/mol. The maximum absolute atomic E-state index is 11.1. The number of carboxylic acid groups (broad SMARTS) is 3. The molecule has 39 heavy (non-hydrogen) atoms. The summed E-state index contributed by atoms with van der Waals surface area (Å²) in [5, 5.41) is 54.4. The van der Waals surface area contributed by atoms with Crippen LogP contribution in [0.25, 0.3) is 0 Å². The van der Waals surface area contributed by atoms with E-state index in [1.54, 1.807) is 24.3 Å². The zero-order chi connectivity index (χ0) is 29.0. The highest BCUT2D eigenvalue weighted by atomic mass is 16.4. The zero-order valence-electron chi connectivity index (χ0n) is 22.5. The van der Waals surface area contributed by atoms with Gasteiger partial charge < -0.3 is 30.6 Å². The summed E-state index contributed by atoms with van der Waals surface area (Å²) in [6.07, 6.45) is 11.8. The molecule has 9 nitrogen and oxygen atoms in total. The zero-order valence-corrected chi connectivity index (χ0v) is 22.5. The van der Waals surface area contributed by atoms with Gasteiger partial charge in [-0.2, -0.15) is 0 Å². The van der Waals surface area contributed by atoms with Gasteiger partial charge in [0.05, 0.1) is 0 Å². The quantitative estimate of drug-likeness (QED) is 0.122. The minimum Gasteiger partial charge on any atom is -0.507 e. The minimum absolute atomic E-state index is 0.0154. The highest BCUT2D eigenvalue weighted by Gasteiger charge is 2.15. The molecule has 0 aliphatic rings. The van der Waals surface area contributed by atoms with Gasteiger partial charge >= 0.3 is 17.9 Å². The second-order valence-corrected chi connectivity index (χ2v) is 9.49. The average molecular weight is 547 g/mol. The van der Waals surface area contributed by atoms with Gasteiger partial charge in [-0.1, -0.05) is 69.2 Å². The van der Waals surface area contributed by atoms with Gasteiger partial charge in [-0.3, -0.25) is 4.79 Å². The number of aromatic carboxylic acids is 2. The molecule has 0 unspecified atom stereocenters. The van der Waals surface area contributed by atoms with Crippen LogP contribution < -0.4 is 0 Å². The molecule has 0 bridgehead atoms. The topological polar surface area (TPSA) is 173 Å². The molecule has 2 aromatic rings. The van der Waals surface area contributed by atoms with Crippen LogP contribution in [-0.4, -0.2) is 55.2 Å². The van der Waals surface area contributed by atoms with Crippen molar-refractivity contribution in [3.8, 4) is 11.5 Å². The number of aliphatic carboxylic acids is 1. The largest absolute Gasteiger partial charge is 0.507 e. The summed E-state index contributed by atoms with van der Waals surface area (Å²) in [5.41, 5.74) is 1.35. The molecule has 0 heterocycles. The lowest BCUT2D eigenvalue weighted by molar-refractivity contribution is -0.137. The first-order valence-electron chi connectivity index (χ1n) is 13.6. The first-order chi connectivity index (χ1) is 18.7. The van der Waals surface area contributed by atoms with Crippen LogP contribution in [0.1, 0.15) is 109 Å². The van der Waals surface area contributed by atoms with Gasteiger partial charge in [-0.05, 0) is 61.8 Å². The fourth-order valence-corrected chi connectivity index (χ4v) is 4.34. The molecule has 0 saturated carbocycles. The van der Waals surface area contributed by atoms with Crippen LogP contribution in [0.2, 0.25) is 0 Å². The van der Waals surface area contributed by atoms with E-state index in [0.29, 0.717) is 30.4 Å². The number of hydrogen-bond donors (Lipinski definition) is 6. The van der Waals surface area contributed by atoms with Gasteiger partial charge in [0.15, 0.2) is 0 Å². The Morgan fingerprint density at radius 2 is 0.923 bits per heavy atom. The molecule has 0 amide bonds. The Bertz CT molecular complexity index is 1030. The van der Waals surface area contributed by atoms with Crippen LogP contribution in [0, 0.1) is 0 Å². The summed E-state index contributed by atoms with van der Waals surface area (Å²) < 4.78 is 0. The number of aliphatic hydroxyl groups is 1. The molecule has 2 aromatic carbocycles. The third kappa shape index (κ3) is 13.7. The van der Waals surface area contributed by atoms with Crippen molar-refractivity contribution < 1.29 is 45.0 Å². The van der Waals surface area contributed by atoms with Crippen LogP contribution in [0.5, 0.6) is 11.5 Å². The Morgan fingerprint density at radius 1 is 0.538 bits per heavy atom. The Kier molecular flexibility index (Phi) is 16.7. The first kappa shape index (κ1) is 33.4. The van der Waals surface area contributed by atoms with Crippen molar-refractivity contribution in [2.24, 2.45) is 0 Å². The smallest absolute Gasteiger partial charge is 0.339 e. The molecule has 9 heteroatoms. The molecule has 0 aliphatic heterocycles. The lowest BCUT2D eigenvalue weighted by Crippen LogP contribution is -2.03. The molecule has 0 radical (unpaired) electrons. The molecule has 2 rings (SSSR count). The lowest BCUT2D eigenvalue weighted by Gasteiger charge is -2.07. The molecule has 0 fully saturated rings. The minimum atomic E-state index is -1.11. The van der Waals surface area contributed by atoms with Crippen LogP contribution >= 0.6 is 0 Å². The highest BCUT2D eigenvalue weighted by Crippen LogP contribution is 2.24. The van der Waals surface area contributed by atoms with E-state index in [0.717, 1.165) is 64.2 Å². The van der Waals surface area contributed by atoms with E-state index < -0.39 is 17.9 Å². The number of aromatic hydroxyl groups is 2. The number of unbranched alkanes of at least 4 members (excludes halogenated alkanes) is 9. The number of carbonyl (C=O) groups is 3. The summed E-state index contributed by atoms with van der Waals surface area (Å²) in [6, 6.07) is 9.57. The number of aliphatic hydroxyl groups excluding tert-OH is 1. The lowest BCUT2D eigenvalue weighted by atomic mass is 9.99. The molecular formula is C30H42O9. The van der Waals surface area contributed by atoms with E-state index in [2.05, 4.69) is 0 Å².